The molecule has 32 heavy (non-hydrogen) atoms. The van der Waals surface area contributed by atoms with Crippen LogP contribution in [0.25, 0.3) is 0 Å². The van der Waals surface area contributed by atoms with Gasteiger partial charge in [0.2, 0.25) is 5.91 Å². The van der Waals surface area contributed by atoms with Crippen molar-refractivity contribution < 1.29 is 18.7 Å². The molecule has 1 saturated heterocycles. The minimum Gasteiger partial charge on any atom is -0.489 e. The number of nitrogens with one attached hydrogen (secondary N) is 1. The van der Waals surface area contributed by atoms with Gasteiger partial charge in [0.25, 0.3) is 5.91 Å². The fraction of sp³-hybridized carbons (Fsp3) is 0.231. The number of amides is 2. The first kappa shape index (κ1) is 21.6. The molecule has 3 aromatic carbocycles. The lowest BCUT2D eigenvalue weighted by Gasteiger charge is -2.34. The lowest BCUT2D eigenvalue weighted by molar-refractivity contribution is -0.141. The van der Waals surface area contributed by atoms with Gasteiger partial charge in [0.15, 0.2) is 0 Å². The molecule has 0 aromatic heterocycles. The lowest BCUT2D eigenvalue weighted by atomic mass is 10.0. The summed E-state index contributed by atoms with van der Waals surface area (Å²) in [4.78, 5) is 27.5. The topological polar surface area (TPSA) is 58.6 Å². The van der Waals surface area contributed by atoms with Gasteiger partial charge >= 0.3 is 0 Å². The van der Waals surface area contributed by atoms with Gasteiger partial charge in [-0.3, -0.25) is 9.59 Å². The van der Waals surface area contributed by atoms with Crippen LogP contribution in [0.1, 0.15) is 36.4 Å². The van der Waals surface area contributed by atoms with E-state index in [1.165, 1.54) is 12.1 Å². The zero-order valence-corrected chi connectivity index (χ0v) is 17.7. The third-order valence-corrected chi connectivity index (χ3v) is 5.46. The van der Waals surface area contributed by atoms with Crippen LogP contribution in [0.2, 0.25) is 0 Å². The average molecular weight is 432 g/mol. The van der Waals surface area contributed by atoms with Crippen LogP contribution in [0.5, 0.6) is 5.75 Å². The van der Waals surface area contributed by atoms with Crippen LogP contribution in [0, 0.1) is 5.82 Å². The molecule has 2 amide bonds. The van der Waals surface area contributed by atoms with Crippen LogP contribution in [-0.4, -0.2) is 23.3 Å². The van der Waals surface area contributed by atoms with Crippen molar-refractivity contribution in [3.63, 3.8) is 0 Å². The molecule has 3 aromatic rings. The molecule has 0 spiro atoms. The Morgan fingerprint density at radius 3 is 2.53 bits per heavy atom. The van der Waals surface area contributed by atoms with Gasteiger partial charge in [-0.25, -0.2) is 4.39 Å². The van der Waals surface area contributed by atoms with Crippen molar-refractivity contribution in [2.24, 2.45) is 0 Å². The maximum absolute atomic E-state index is 13.3. The minimum atomic E-state index is -0.687. The van der Waals surface area contributed by atoms with E-state index in [0.717, 1.165) is 24.0 Å². The minimum absolute atomic E-state index is 0.00312. The van der Waals surface area contributed by atoms with Crippen molar-refractivity contribution in [1.29, 1.82) is 0 Å². The smallest absolute Gasteiger partial charge is 0.251 e. The standard InChI is InChI=1S/C26H25FN2O3/c27-21-14-12-19(13-15-21)18-32-23-10-6-9-22(17-23)28-26(31)25(20-7-2-1-3-8-20)29-16-5-4-11-24(29)30/h1-3,6-10,12-15,17,25H,4-5,11,16,18H2,(H,28,31). The third kappa shape index (κ3) is 5.32. The Hall–Kier alpha value is -3.67. The number of anilines is 1. The number of hydrogen-bond acceptors (Lipinski definition) is 3. The quantitative estimate of drug-likeness (QED) is 0.565. The van der Waals surface area contributed by atoms with E-state index in [1.807, 2.05) is 30.3 Å². The molecular formula is C26H25FN2O3. The summed E-state index contributed by atoms with van der Waals surface area (Å²) in [5.41, 5.74) is 2.20. The van der Waals surface area contributed by atoms with Gasteiger partial charge < -0.3 is 15.0 Å². The van der Waals surface area contributed by atoms with E-state index in [0.29, 0.717) is 24.4 Å². The maximum atomic E-state index is 13.3. The number of benzene rings is 3. The molecule has 1 fully saturated rings. The molecule has 0 radical (unpaired) electrons. The highest BCUT2D eigenvalue weighted by Crippen LogP contribution is 2.28. The number of carbonyl (C=O) groups is 2. The van der Waals surface area contributed by atoms with E-state index in [-0.39, 0.29) is 24.2 Å². The van der Waals surface area contributed by atoms with Gasteiger partial charge in [-0.1, -0.05) is 48.5 Å². The summed E-state index contributed by atoms with van der Waals surface area (Å²) in [7, 11) is 0. The number of piperidine rings is 1. The molecule has 0 aliphatic carbocycles. The number of hydrogen-bond donors (Lipinski definition) is 1. The van der Waals surface area contributed by atoms with Crippen LogP contribution < -0.4 is 10.1 Å². The summed E-state index contributed by atoms with van der Waals surface area (Å²) < 4.78 is 18.9. The molecule has 1 unspecified atom stereocenters. The van der Waals surface area contributed by atoms with Crippen LogP contribution >= 0.6 is 0 Å². The number of likely N-dealkylation sites (tertiary alicyclic amines) is 1. The zero-order chi connectivity index (χ0) is 22.3. The molecule has 0 bridgehead atoms. The average Bonchev–Trinajstić information content (AvgIpc) is 2.81. The van der Waals surface area contributed by atoms with Gasteiger partial charge in [0.1, 0.15) is 24.2 Å². The van der Waals surface area contributed by atoms with Crippen molar-refractivity contribution >= 4 is 17.5 Å². The molecule has 1 N–H and O–H groups in total. The lowest BCUT2D eigenvalue weighted by Crippen LogP contribution is -2.43. The molecule has 1 heterocycles. The van der Waals surface area contributed by atoms with Crippen LogP contribution in [0.4, 0.5) is 10.1 Å². The van der Waals surface area contributed by atoms with Crippen molar-refractivity contribution in [1.82, 2.24) is 4.90 Å². The Balaban J connectivity index is 1.48. The van der Waals surface area contributed by atoms with Crippen molar-refractivity contribution in [2.45, 2.75) is 31.9 Å². The fourth-order valence-electron chi connectivity index (χ4n) is 3.83. The van der Waals surface area contributed by atoms with Gasteiger partial charge in [0, 0.05) is 24.7 Å². The Bertz CT molecular complexity index is 1070. The molecule has 1 aliphatic rings. The van der Waals surface area contributed by atoms with E-state index in [9.17, 15) is 14.0 Å². The summed E-state index contributed by atoms with van der Waals surface area (Å²) >= 11 is 0. The first-order valence-electron chi connectivity index (χ1n) is 10.7. The molecule has 5 nitrogen and oxygen atoms in total. The molecule has 164 valence electrons. The summed E-state index contributed by atoms with van der Waals surface area (Å²) in [6.45, 7) is 0.846. The van der Waals surface area contributed by atoms with E-state index in [2.05, 4.69) is 5.32 Å². The van der Waals surface area contributed by atoms with Crippen molar-refractivity contribution in [3.8, 4) is 5.75 Å². The molecule has 1 atom stereocenters. The predicted molar refractivity (Wildman–Crippen MR) is 121 cm³/mol. The fourth-order valence-corrected chi connectivity index (χ4v) is 3.83. The molecule has 6 heteroatoms. The van der Waals surface area contributed by atoms with E-state index < -0.39 is 6.04 Å². The molecular weight excluding hydrogens is 407 g/mol. The van der Waals surface area contributed by atoms with Gasteiger partial charge in [-0.2, -0.15) is 0 Å². The van der Waals surface area contributed by atoms with Crippen molar-refractivity contribution in [3.05, 3.63) is 95.8 Å². The van der Waals surface area contributed by atoms with E-state index in [4.69, 9.17) is 4.74 Å². The first-order chi connectivity index (χ1) is 15.6. The summed E-state index contributed by atoms with van der Waals surface area (Å²) in [6.07, 6.45) is 2.20. The number of nitrogens with zero attached hydrogens (tertiary/aromatic N) is 1. The second kappa shape index (κ2) is 10.1. The Morgan fingerprint density at radius 2 is 1.78 bits per heavy atom. The predicted octanol–water partition coefficient (Wildman–Crippen LogP) is 5.10. The first-order valence-corrected chi connectivity index (χ1v) is 10.7. The van der Waals surface area contributed by atoms with Gasteiger partial charge in [-0.15, -0.1) is 0 Å². The SMILES string of the molecule is O=C(Nc1cccc(OCc2ccc(F)cc2)c1)C(c1ccccc1)N1CCCCC1=O. The van der Waals surface area contributed by atoms with Crippen LogP contribution in [-0.2, 0) is 16.2 Å². The highest BCUT2D eigenvalue weighted by Gasteiger charge is 2.32. The van der Waals surface area contributed by atoms with Gasteiger partial charge in [0.05, 0.1) is 0 Å². The molecule has 1 aliphatic heterocycles. The Kier molecular flexibility index (Phi) is 6.80. The number of halogens is 1. The summed E-state index contributed by atoms with van der Waals surface area (Å²) in [5, 5.41) is 2.94. The molecule has 4 rings (SSSR count). The second-order valence-electron chi connectivity index (χ2n) is 7.79. The highest BCUT2D eigenvalue weighted by atomic mass is 19.1. The maximum Gasteiger partial charge on any atom is 0.251 e. The zero-order valence-electron chi connectivity index (χ0n) is 17.7. The van der Waals surface area contributed by atoms with E-state index >= 15 is 0 Å². The number of rotatable bonds is 7. The second-order valence-corrected chi connectivity index (χ2v) is 7.79. The van der Waals surface area contributed by atoms with E-state index in [1.54, 1.807) is 41.3 Å². The number of ether oxygens (including phenoxy) is 1. The largest absolute Gasteiger partial charge is 0.489 e. The van der Waals surface area contributed by atoms with Crippen LogP contribution in [0.3, 0.4) is 0 Å². The summed E-state index contributed by atoms with van der Waals surface area (Å²) in [6, 6.07) is 21.9. The number of carbonyl (C=O) groups excluding carboxylic acids is 2. The normalized spacial score (nSPS) is 14.7. The third-order valence-electron chi connectivity index (χ3n) is 5.46. The summed E-state index contributed by atoms with van der Waals surface area (Å²) in [5.74, 6) is 0.0230. The highest BCUT2D eigenvalue weighted by molar-refractivity contribution is 5.98. The van der Waals surface area contributed by atoms with Crippen LogP contribution in [0.15, 0.2) is 78.9 Å². The Labute approximate surface area is 186 Å². The van der Waals surface area contributed by atoms with Crippen molar-refractivity contribution in [2.75, 3.05) is 11.9 Å². The van der Waals surface area contributed by atoms with Gasteiger partial charge in [-0.05, 0) is 48.2 Å². The Morgan fingerprint density at radius 1 is 1.00 bits per heavy atom. The molecule has 0 saturated carbocycles. The monoisotopic (exact) mass is 432 g/mol.